The van der Waals surface area contributed by atoms with Gasteiger partial charge in [-0.15, -0.1) is 11.3 Å². The van der Waals surface area contributed by atoms with E-state index < -0.39 is 0 Å². The van der Waals surface area contributed by atoms with Crippen molar-refractivity contribution in [3.63, 3.8) is 0 Å². The highest BCUT2D eigenvalue weighted by molar-refractivity contribution is 7.15. The summed E-state index contributed by atoms with van der Waals surface area (Å²) in [5.74, 6) is 0.288. The summed E-state index contributed by atoms with van der Waals surface area (Å²) < 4.78 is 0. The first kappa shape index (κ1) is 11.7. The third-order valence-electron chi connectivity index (χ3n) is 3.68. The number of thiazole rings is 1. The van der Waals surface area contributed by atoms with Crippen LogP contribution in [0.2, 0.25) is 0 Å². The molecule has 20 heavy (non-hydrogen) atoms. The van der Waals surface area contributed by atoms with Crippen molar-refractivity contribution in [2.45, 2.75) is 12.8 Å². The molecule has 0 saturated carbocycles. The first-order valence-electron chi connectivity index (χ1n) is 6.68. The van der Waals surface area contributed by atoms with Crippen LogP contribution in [0.1, 0.15) is 10.4 Å². The first-order chi connectivity index (χ1) is 9.81. The van der Waals surface area contributed by atoms with Crippen LogP contribution in [0.25, 0.3) is 21.8 Å². The molecular formula is C17H13NOS. The van der Waals surface area contributed by atoms with Crippen molar-refractivity contribution in [2.24, 2.45) is 0 Å². The Morgan fingerprint density at radius 1 is 1.00 bits per heavy atom. The highest BCUT2D eigenvalue weighted by atomic mass is 32.1. The molecule has 1 heterocycles. The molecule has 1 aromatic heterocycles. The smallest absolute Gasteiger partial charge is 0.124 e. The standard InChI is InChI=1S/C17H13NOS/c19-13-6-3-5-12(10-13)17-18-16-14-7-2-1-4-11(14)8-9-15(16)20-17/h1-7,10,19H,8-9H2. The molecule has 0 unspecified atom stereocenters. The quantitative estimate of drug-likeness (QED) is 0.721. The topological polar surface area (TPSA) is 33.1 Å². The minimum absolute atomic E-state index is 0.288. The molecule has 0 aliphatic heterocycles. The van der Waals surface area contributed by atoms with Gasteiger partial charge in [0.25, 0.3) is 0 Å². The molecule has 2 nitrogen and oxygen atoms in total. The van der Waals surface area contributed by atoms with Gasteiger partial charge in [0.05, 0.1) is 5.69 Å². The zero-order valence-electron chi connectivity index (χ0n) is 10.8. The Morgan fingerprint density at radius 3 is 2.80 bits per heavy atom. The highest BCUT2D eigenvalue weighted by Crippen LogP contribution is 2.39. The second kappa shape index (κ2) is 4.46. The van der Waals surface area contributed by atoms with Crippen molar-refractivity contribution < 1.29 is 5.11 Å². The van der Waals surface area contributed by atoms with Crippen LogP contribution in [0.3, 0.4) is 0 Å². The molecule has 0 atom stereocenters. The van der Waals surface area contributed by atoms with E-state index in [9.17, 15) is 5.11 Å². The van der Waals surface area contributed by atoms with E-state index in [2.05, 4.69) is 24.3 Å². The number of hydrogen-bond acceptors (Lipinski definition) is 3. The van der Waals surface area contributed by atoms with Gasteiger partial charge in [0.15, 0.2) is 0 Å². The fourth-order valence-electron chi connectivity index (χ4n) is 2.71. The third-order valence-corrected chi connectivity index (χ3v) is 4.85. The van der Waals surface area contributed by atoms with E-state index in [1.807, 2.05) is 12.1 Å². The van der Waals surface area contributed by atoms with Gasteiger partial charge >= 0.3 is 0 Å². The highest BCUT2D eigenvalue weighted by Gasteiger charge is 2.20. The summed E-state index contributed by atoms with van der Waals surface area (Å²) in [6.07, 6.45) is 2.15. The summed E-state index contributed by atoms with van der Waals surface area (Å²) in [6, 6.07) is 15.8. The lowest BCUT2D eigenvalue weighted by Gasteiger charge is -2.13. The Hall–Kier alpha value is -2.13. The van der Waals surface area contributed by atoms with Gasteiger partial charge in [0.1, 0.15) is 10.8 Å². The van der Waals surface area contributed by atoms with E-state index in [-0.39, 0.29) is 5.75 Å². The predicted octanol–water partition coefficient (Wildman–Crippen LogP) is 4.28. The van der Waals surface area contributed by atoms with E-state index in [0.29, 0.717) is 0 Å². The molecule has 1 aliphatic rings. The van der Waals surface area contributed by atoms with E-state index in [1.54, 1.807) is 23.5 Å². The van der Waals surface area contributed by atoms with Crippen molar-refractivity contribution >= 4 is 11.3 Å². The van der Waals surface area contributed by atoms with Crippen molar-refractivity contribution in [3.8, 4) is 27.6 Å². The van der Waals surface area contributed by atoms with Gasteiger partial charge in [-0.05, 0) is 30.5 Å². The van der Waals surface area contributed by atoms with E-state index in [1.165, 1.54) is 16.0 Å². The summed E-state index contributed by atoms with van der Waals surface area (Å²) >= 11 is 1.74. The van der Waals surface area contributed by atoms with Gasteiger partial charge in [0.2, 0.25) is 0 Å². The maximum Gasteiger partial charge on any atom is 0.124 e. The lowest BCUT2D eigenvalue weighted by Crippen LogP contribution is -2.01. The van der Waals surface area contributed by atoms with Crippen molar-refractivity contribution in [3.05, 3.63) is 59.0 Å². The normalized spacial score (nSPS) is 12.8. The van der Waals surface area contributed by atoms with Crippen LogP contribution in [0.5, 0.6) is 5.75 Å². The number of hydrogen-bond donors (Lipinski definition) is 1. The number of rotatable bonds is 1. The van der Waals surface area contributed by atoms with Gasteiger partial charge < -0.3 is 5.11 Å². The monoisotopic (exact) mass is 279 g/mol. The van der Waals surface area contributed by atoms with Crippen molar-refractivity contribution in [1.82, 2.24) is 4.98 Å². The number of aryl methyl sites for hydroxylation is 2. The summed E-state index contributed by atoms with van der Waals surface area (Å²) in [5, 5.41) is 10.6. The van der Waals surface area contributed by atoms with E-state index in [4.69, 9.17) is 4.98 Å². The number of phenolic OH excluding ortho intramolecular Hbond substituents is 1. The van der Waals surface area contributed by atoms with Gasteiger partial charge in [-0.2, -0.15) is 0 Å². The summed E-state index contributed by atoms with van der Waals surface area (Å²) in [7, 11) is 0. The zero-order valence-corrected chi connectivity index (χ0v) is 11.7. The minimum atomic E-state index is 0.288. The molecule has 1 aliphatic carbocycles. The maximum absolute atomic E-state index is 9.61. The Bertz CT molecular complexity index is 791. The lowest BCUT2D eigenvalue weighted by molar-refractivity contribution is 0.475. The van der Waals surface area contributed by atoms with Crippen LogP contribution in [-0.2, 0) is 12.8 Å². The van der Waals surface area contributed by atoms with Crippen molar-refractivity contribution in [2.75, 3.05) is 0 Å². The molecule has 0 amide bonds. The number of phenols is 1. The molecule has 4 rings (SSSR count). The van der Waals surface area contributed by atoms with E-state index in [0.717, 1.165) is 29.1 Å². The molecular weight excluding hydrogens is 266 g/mol. The molecule has 1 N–H and O–H groups in total. The maximum atomic E-state index is 9.61. The summed E-state index contributed by atoms with van der Waals surface area (Å²) in [5.41, 5.74) is 4.75. The predicted molar refractivity (Wildman–Crippen MR) is 82.1 cm³/mol. The zero-order chi connectivity index (χ0) is 13.5. The molecule has 98 valence electrons. The van der Waals surface area contributed by atoms with Crippen molar-refractivity contribution in [1.29, 1.82) is 0 Å². The molecule has 2 aromatic carbocycles. The lowest BCUT2D eigenvalue weighted by atomic mass is 9.94. The van der Waals surface area contributed by atoms with Gasteiger partial charge in [-0.25, -0.2) is 4.98 Å². The number of aromatic hydroxyl groups is 1. The van der Waals surface area contributed by atoms with Gasteiger partial charge in [0, 0.05) is 16.0 Å². The van der Waals surface area contributed by atoms with Crippen LogP contribution < -0.4 is 0 Å². The largest absolute Gasteiger partial charge is 0.508 e. The van der Waals surface area contributed by atoms with Gasteiger partial charge in [-0.1, -0.05) is 36.4 Å². The third kappa shape index (κ3) is 1.82. The van der Waals surface area contributed by atoms with Crippen LogP contribution in [0, 0.1) is 0 Å². The SMILES string of the molecule is Oc1cccc(-c2nc3c(s2)CCc2ccccc2-3)c1. The summed E-state index contributed by atoms with van der Waals surface area (Å²) in [4.78, 5) is 6.16. The second-order valence-corrected chi connectivity index (χ2v) is 6.08. The summed E-state index contributed by atoms with van der Waals surface area (Å²) in [6.45, 7) is 0. The molecule has 3 aromatic rings. The molecule has 0 radical (unpaired) electrons. The number of fused-ring (bicyclic) bond motifs is 3. The number of benzene rings is 2. The van der Waals surface area contributed by atoms with Crippen LogP contribution in [0.15, 0.2) is 48.5 Å². The fraction of sp³-hybridized carbons (Fsp3) is 0.118. The molecule has 0 fully saturated rings. The van der Waals surface area contributed by atoms with Crippen LogP contribution in [0.4, 0.5) is 0 Å². The first-order valence-corrected chi connectivity index (χ1v) is 7.50. The second-order valence-electron chi connectivity index (χ2n) is 5.00. The Morgan fingerprint density at radius 2 is 1.90 bits per heavy atom. The average molecular weight is 279 g/mol. The number of nitrogens with zero attached hydrogens (tertiary/aromatic N) is 1. The van der Waals surface area contributed by atoms with Gasteiger partial charge in [-0.3, -0.25) is 0 Å². The fourth-order valence-corrected chi connectivity index (χ4v) is 3.78. The molecule has 0 spiro atoms. The Balaban J connectivity index is 1.86. The molecule has 3 heteroatoms. The average Bonchev–Trinajstić information content (AvgIpc) is 2.92. The number of aromatic nitrogens is 1. The Labute approximate surface area is 121 Å². The van der Waals surface area contributed by atoms with Crippen LogP contribution >= 0.6 is 11.3 Å². The van der Waals surface area contributed by atoms with E-state index >= 15 is 0 Å². The molecule has 0 saturated heterocycles. The minimum Gasteiger partial charge on any atom is -0.508 e. The Kier molecular flexibility index (Phi) is 2.60. The molecule has 0 bridgehead atoms. The van der Waals surface area contributed by atoms with Crippen LogP contribution in [-0.4, -0.2) is 10.1 Å².